The molecule has 6 heteroatoms. The number of carbonyl (C=O) groups is 2. The molecule has 0 saturated carbocycles. The molecule has 0 aliphatic carbocycles. The Kier molecular flexibility index (Phi) is 5.06. The minimum atomic E-state index is -0.409. The smallest absolute Gasteiger partial charge is 0.264 e. The first-order valence-corrected chi connectivity index (χ1v) is 9.56. The standard InChI is InChI=1S/C18H19BrN2O2S/c1-11-9-13(19)14(10-12(11)2)20-17(22)15-5-3-7-21(15)18(23)16-6-4-8-24-16/h4,6,8-10,15H,3,5,7H2,1-2H3,(H,20,22). The third kappa shape index (κ3) is 3.39. The lowest BCUT2D eigenvalue weighted by Gasteiger charge is -2.24. The van der Waals surface area contributed by atoms with Crippen LogP contribution in [-0.2, 0) is 4.79 Å². The number of carbonyl (C=O) groups excluding carboxylic acids is 2. The van der Waals surface area contributed by atoms with Gasteiger partial charge in [0, 0.05) is 11.0 Å². The summed E-state index contributed by atoms with van der Waals surface area (Å²) in [4.78, 5) is 27.7. The highest BCUT2D eigenvalue weighted by molar-refractivity contribution is 9.10. The van der Waals surface area contributed by atoms with Gasteiger partial charge in [0.1, 0.15) is 6.04 Å². The molecule has 1 saturated heterocycles. The first kappa shape index (κ1) is 17.2. The zero-order valence-electron chi connectivity index (χ0n) is 13.6. The van der Waals surface area contributed by atoms with Crippen LogP contribution in [0.5, 0.6) is 0 Å². The Labute approximate surface area is 154 Å². The van der Waals surface area contributed by atoms with Crippen molar-refractivity contribution in [3.05, 3.63) is 50.1 Å². The summed E-state index contributed by atoms with van der Waals surface area (Å²) in [6.45, 7) is 4.67. The summed E-state index contributed by atoms with van der Waals surface area (Å²) in [5.41, 5.74) is 3.03. The van der Waals surface area contributed by atoms with E-state index in [4.69, 9.17) is 0 Å². The lowest BCUT2D eigenvalue weighted by Crippen LogP contribution is -2.43. The average molecular weight is 407 g/mol. The maximum atomic E-state index is 12.7. The van der Waals surface area contributed by atoms with Gasteiger partial charge in [-0.3, -0.25) is 9.59 Å². The monoisotopic (exact) mass is 406 g/mol. The van der Waals surface area contributed by atoms with Gasteiger partial charge in [-0.15, -0.1) is 11.3 Å². The summed E-state index contributed by atoms with van der Waals surface area (Å²) >= 11 is 4.91. The van der Waals surface area contributed by atoms with Crippen LogP contribution in [0.25, 0.3) is 0 Å². The van der Waals surface area contributed by atoms with Gasteiger partial charge in [0.25, 0.3) is 5.91 Å². The number of aryl methyl sites for hydroxylation is 2. The van der Waals surface area contributed by atoms with Gasteiger partial charge in [0.05, 0.1) is 10.6 Å². The van der Waals surface area contributed by atoms with E-state index in [1.807, 2.05) is 37.4 Å². The zero-order chi connectivity index (χ0) is 17.3. The Morgan fingerprint density at radius 2 is 2.04 bits per heavy atom. The van der Waals surface area contributed by atoms with Crippen molar-refractivity contribution in [1.29, 1.82) is 0 Å². The number of benzene rings is 1. The first-order chi connectivity index (χ1) is 11.5. The molecule has 1 aromatic carbocycles. The van der Waals surface area contributed by atoms with Crippen LogP contribution in [-0.4, -0.2) is 29.3 Å². The molecule has 2 amide bonds. The second-order valence-electron chi connectivity index (χ2n) is 6.04. The van der Waals surface area contributed by atoms with Crippen LogP contribution in [0.2, 0.25) is 0 Å². The van der Waals surface area contributed by atoms with Gasteiger partial charge >= 0.3 is 0 Å². The van der Waals surface area contributed by atoms with Gasteiger partial charge in [0.2, 0.25) is 5.91 Å². The first-order valence-electron chi connectivity index (χ1n) is 7.89. The van der Waals surface area contributed by atoms with E-state index in [-0.39, 0.29) is 11.8 Å². The highest BCUT2D eigenvalue weighted by atomic mass is 79.9. The topological polar surface area (TPSA) is 49.4 Å². The van der Waals surface area contributed by atoms with Crippen molar-refractivity contribution in [3.8, 4) is 0 Å². The van der Waals surface area contributed by atoms with E-state index in [0.29, 0.717) is 17.8 Å². The fraction of sp³-hybridized carbons (Fsp3) is 0.333. The highest BCUT2D eigenvalue weighted by Gasteiger charge is 2.35. The third-order valence-corrected chi connectivity index (χ3v) is 5.90. The van der Waals surface area contributed by atoms with Gasteiger partial charge < -0.3 is 10.2 Å². The summed E-state index contributed by atoms with van der Waals surface area (Å²) in [6.07, 6.45) is 1.55. The Hall–Kier alpha value is -1.66. The number of anilines is 1. The Morgan fingerprint density at radius 3 is 2.75 bits per heavy atom. The average Bonchev–Trinajstić information content (AvgIpc) is 3.23. The summed E-state index contributed by atoms with van der Waals surface area (Å²) in [7, 11) is 0. The third-order valence-electron chi connectivity index (χ3n) is 4.39. The molecule has 1 unspecified atom stereocenters. The Morgan fingerprint density at radius 1 is 1.29 bits per heavy atom. The molecule has 2 heterocycles. The number of amides is 2. The van der Waals surface area contributed by atoms with E-state index in [2.05, 4.69) is 21.2 Å². The van der Waals surface area contributed by atoms with E-state index in [1.165, 1.54) is 11.3 Å². The van der Waals surface area contributed by atoms with Crippen LogP contribution in [0.15, 0.2) is 34.1 Å². The SMILES string of the molecule is Cc1cc(Br)c(NC(=O)C2CCCN2C(=O)c2cccs2)cc1C. The maximum Gasteiger partial charge on any atom is 0.264 e. The number of nitrogens with one attached hydrogen (secondary N) is 1. The summed E-state index contributed by atoms with van der Waals surface area (Å²) in [6, 6.07) is 7.20. The van der Waals surface area contributed by atoms with Crippen LogP contribution in [0, 0.1) is 13.8 Å². The Balaban J connectivity index is 1.77. The van der Waals surface area contributed by atoms with Crippen LogP contribution in [0.3, 0.4) is 0 Å². The minimum absolute atomic E-state index is 0.0539. The van der Waals surface area contributed by atoms with Crippen molar-refractivity contribution in [2.75, 3.05) is 11.9 Å². The molecule has 126 valence electrons. The molecule has 3 rings (SSSR count). The summed E-state index contributed by atoms with van der Waals surface area (Å²) in [5, 5.41) is 4.85. The van der Waals surface area contributed by atoms with Crippen molar-refractivity contribution in [2.45, 2.75) is 32.7 Å². The van der Waals surface area contributed by atoms with Crippen LogP contribution in [0.1, 0.15) is 33.6 Å². The predicted octanol–water partition coefficient (Wildman–Crippen LogP) is 4.37. The van der Waals surface area contributed by atoms with Crippen molar-refractivity contribution in [1.82, 2.24) is 4.90 Å². The summed E-state index contributed by atoms with van der Waals surface area (Å²) < 4.78 is 0.855. The predicted molar refractivity (Wildman–Crippen MR) is 101 cm³/mol. The van der Waals surface area contributed by atoms with Gasteiger partial charge in [-0.05, 0) is 77.3 Å². The molecule has 0 spiro atoms. The van der Waals surface area contributed by atoms with Crippen LogP contribution in [0.4, 0.5) is 5.69 Å². The lowest BCUT2D eigenvalue weighted by atomic mass is 10.1. The van der Waals surface area contributed by atoms with E-state index in [9.17, 15) is 9.59 Å². The zero-order valence-corrected chi connectivity index (χ0v) is 16.0. The molecule has 1 aliphatic rings. The van der Waals surface area contributed by atoms with Crippen molar-refractivity contribution in [2.24, 2.45) is 0 Å². The molecule has 0 radical (unpaired) electrons. The van der Waals surface area contributed by atoms with Crippen LogP contribution >= 0.6 is 27.3 Å². The number of rotatable bonds is 3. The quantitative estimate of drug-likeness (QED) is 0.822. The van der Waals surface area contributed by atoms with E-state index >= 15 is 0 Å². The van der Waals surface area contributed by atoms with Crippen molar-refractivity contribution in [3.63, 3.8) is 0 Å². The van der Waals surface area contributed by atoms with Gasteiger partial charge in [-0.1, -0.05) is 6.07 Å². The molecule has 1 aliphatic heterocycles. The number of thiophene rings is 1. The largest absolute Gasteiger partial charge is 0.326 e. The number of hydrogen-bond donors (Lipinski definition) is 1. The molecule has 2 aromatic rings. The molecule has 1 atom stereocenters. The van der Waals surface area contributed by atoms with Gasteiger partial charge in [0.15, 0.2) is 0 Å². The number of nitrogens with zero attached hydrogens (tertiary/aromatic N) is 1. The maximum absolute atomic E-state index is 12.7. The molecule has 1 N–H and O–H groups in total. The minimum Gasteiger partial charge on any atom is -0.326 e. The van der Waals surface area contributed by atoms with Crippen molar-refractivity contribution >= 4 is 44.8 Å². The van der Waals surface area contributed by atoms with E-state index < -0.39 is 6.04 Å². The molecule has 1 fully saturated rings. The summed E-state index contributed by atoms with van der Waals surface area (Å²) in [5.74, 6) is -0.178. The second kappa shape index (κ2) is 7.07. The van der Waals surface area contributed by atoms with Gasteiger partial charge in [-0.2, -0.15) is 0 Å². The van der Waals surface area contributed by atoms with Gasteiger partial charge in [-0.25, -0.2) is 0 Å². The Bertz CT molecular complexity index is 774. The van der Waals surface area contributed by atoms with Crippen LogP contribution < -0.4 is 5.32 Å². The number of likely N-dealkylation sites (tertiary alicyclic amines) is 1. The highest BCUT2D eigenvalue weighted by Crippen LogP contribution is 2.28. The fourth-order valence-electron chi connectivity index (χ4n) is 2.92. The lowest BCUT2D eigenvalue weighted by molar-refractivity contribution is -0.119. The van der Waals surface area contributed by atoms with E-state index in [1.54, 1.807) is 11.0 Å². The molecule has 4 nitrogen and oxygen atoms in total. The fourth-order valence-corrected chi connectivity index (χ4v) is 4.15. The molecule has 24 heavy (non-hydrogen) atoms. The molecule has 0 bridgehead atoms. The number of halogens is 1. The molecule has 1 aromatic heterocycles. The molecular formula is C18H19BrN2O2S. The van der Waals surface area contributed by atoms with E-state index in [0.717, 1.165) is 27.7 Å². The normalized spacial score (nSPS) is 17.1. The second-order valence-corrected chi connectivity index (χ2v) is 7.84. The molecular weight excluding hydrogens is 388 g/mol. The van der Waals surface area contributed by atoms with Crippen molar-refractivity contribution < 1.29 is 9.59 Å². The number of hydrogen-bond acceptors (Lipinski definition) is 3.